The van der Waals surface area contributed by atoms with Gasteiger partial charge in [0.1, 0.15) is 16.7 Å². The highest BCUT2D eigenvalue weighted by atomic mass is 32.2. The van der Waals surface area contributed by atoms with Gasteiger partial charge in [0.2, 0.25) is 21.8 Å². The number of phenolic OH excluding ortho intramolecular Hbond substituents is 1. The van der Waals surface area contributed by atoms with E-state index in [9.17, 15) is 33.4 Å². The van der Waals surface area contributed by atoms with Gasteiger partial charge < -0.3 is 15.1 Å². The zero-order valence-electron chi connectivity index (χ0n) is 21.7. The third-order valence-corrected chi connectivity index (χ3v) is 8.55. The van der Waals surface area contributed by atoms with E-state index in [4.69, 9.17) is 0 Å². The highest BCUT2D eigenvalue weighted by Gasteiger charge is 2.41. The summed E-state index contributed by atoms with van der Waals surface area (Å²) in [5.41, 5.74) is 3.65. The molecule has 5 N–H and O–H groups in total. The largest absolute Gasteiger partial charge is 0.508 e. The lowest BCUT2D eigenvalue weighted by Gasteiger charge is -2.35. The number of para-hydroxylation sites is 1. The lowest BCUT2D eigenvalue weighted by molar-refractivity contribution is -0.142. The summed E-state index contributed by atoms with van der Waals surface area (Å²) < 4.78 is 29.6. The first-order valence-electron chi connectivity index (χ1n) is 12.8. The van der Waals surface area contributed by atoms with E-state index in [0.29, 0.717) is 16.5 Å². The zero-order chi connectivity index (χ0) is 29.1. The Morgan fingerprint density at radius 1 is 1.02 bits per heavy atom. The SMILES string of the molecule is O=C(C[C@@H](NS(=O)(=O)c1cccc2cccnc12)C(=O)N(Cc1cccc(O)c1)[C@H]1c2ccccc2C[C@H]1O)NO. The van der Waals surface area contributed by atoms with Crippen LogP contribution >= 0.6 is 0 Å². The summed E-state index contributed by atoms with van der Waals surface area (Å²) in [6.07, 6.45) is -0.0351. The van der Waals surface area contributed by atoms with Crippen molar-refractivity contribution in [2.75, 3.05) is 0 Å². The number of aromatic hydroxyl groups is 1. The van der Waals surface area contributed by atoms with Crippen molar-refractivity contribution >= 4 is 32.7 Å². The predicted molar refractivity (Wildman–Crippen MR) is 148 cm³/mol. The van der Waals surface area contributed by atoms with Gasteiger partial charge in [0.05, 0.1) is 24.1 Å². The Morgan fingerprint density at radius 3 is 2.56 bits per heavy atom. The molecule has 1 aromatic heterocycles. The van der Waals surface area contributed by atoms with Crippen LogP contribution in [0.4, 0.5) is 0 Å². The summed E-state index contributed by atoms with van der Waals surface area (Å²) in [5, 5.41) is 30.9. The van der Waals surface area contributed by atoms with Crippen molar-refractivity contribution in [1.29, 1.82) is 0 Å². The maximum Gasteiger partial charge on any atom is 0.245 e. The molecule has 2 amide bonds. The summed E-state index contributed by atoms with van der Waals surface area (Å²) in [6, 6.07) is 18.8. The zero-order valence-corrected chi connectivity index (χ0v) is 22.5. The number of aliphatic hydroxyl groups excluding tert-OH is 1. The minimum Gasteiger partial charge on any atom is -0.508 e. The molecule has 1 heterocycles. The quantitative estimate of drug-likeness (QED) is 0.149. The lowest BCUT2D eigenvalue weighted by atomic mass is 10.0. The third-order valence-electron chi connectivity index (χ3n) is 7.04. The van der Waals surface area contributed by atoms with E-state index in [1.165, 1.54) is 40.8 Å². The molecule has 0 spiro atoms. The minimum absolute atomic E-state index is 0.0392. The Kier molecular flexibility index (Phi) is 7.99. The number of carbonyl (C=O) groups is 2. The molecule has 0 fully saturated rings. The predicted octanol–water partition coefficient (Wildman–Crippen LogP) is 2.17. The normalized spacial score (nSPS) is 17.1. The number of aromatic nitrogens is 1. The molecule has 5 rings (SSSR count). The first-order valence-corrected chi connectivity index (χ1v) is 14.3. The number of carbonyl (C=O) groups excluding carboxylic acids is 2. The number of rotatable bonds is 9. The van der Waals surface area contributed by atoms with Gasteiger partial charge >= 0.3 is 0 Å². The van der Waals surface area contributed by atoms with E-state index >= 15 is 0 Å². The summed E-state index contributed by atoms with van der Waals surface area (Å²) in [6.45, 7) is -0.113. The molecular weight excluding hydrogens is 548 g/mol. The van der Waals surface area contributed by atoms with Crippen LogP contribution in [0.25, 0.3) is 10.9 Å². The van der Waals surface area contributed by atoms with Gasteiger partial charge in [0.25, 0.3) is 0 Å². The summed E-state index contributed by atoms with van der Waals surface area (Å²) >= 11 is 0. The molecular formula is C29H28N4O7S. The van der Waals surface area contributed by atoms with Crippen LogP contribution in [0.2, 0.25) is 0 Å². The van der Waals surface area contributed by atoms with Crippen molar-refractivity contribution in [1.82, 2.24) is 20.1 Å². The van der Waals surface area contributed by atoms with Crippen molar-refractivity contribution in [2.45, 2.75) is 42.5 Å². The van der Waals surface area contributed by atoms with Crippen LogP contribution < -0.4 is 10.2 Å². The number of nitrogens with zero attached hydrogens (tertiary/aromatic N) is 2. The standard InChI is InChI=1S/C29H28N4O7S/c34-21-10-3-6-18(14-21)17-33(28-22-11-2-1-7-20(22)15-24(28)35)29(37)23(16-26(36)31-38)32-41(39,40)25-12-4-8-19-9-5-13-30-27(19)25/h1-14,23-24,28,32,34-35,38H,15-17H2,(H,31,36)/t23-,24-,28+/m1/s1. The van der Waals surface area contributed by atoms with Gasteiger partial charge in [0, 0.05) is 24.5 Å². The number of pyridine rings is 1. The fraction of sp³-hybridized carbons (Fsp3) is 0.207. The number of hydrogen-bond acceptors (Lipinski definition) is 8. The third kappa shape index (κ3) is 5.91. The Bertz CT molecular complexity index is 1710. The summed E-state index contributed by atoms with van der Waals surface area (Å²) in [7, 11) is -4.42. The number of phenols is 1. The molecule has 3 aromatic carbocycles. The molecule has 0 radical (unpaired) electrons. The molecule has 1 aliphatic carbocycles. The van der Waals surface area contributed by atoms with Crippen LogP contribution in [0, 0.1) is 0 Å². The van der Waals surface area contributed by atoms with Gasteiger partial charge in [0.15, 0.2) is 0 Å². The molecule has 41 heavy (non-hydrogen) atoms. The molecule has 0 aliphatic heterocycles. The highest BCUT2D eigenvalue weighted by molar-refractivity contribution is 7.89. The van der Waals surface area contributed by atoms with Gasteiger partial charge in [-0.25, -0.2) is 13.9 Å². The molecule has 12 heteroatoms. The number of sulfonamides is 1. The molecule has 0 unspecified atom stereocenters. The maximum absolute atomic E-state index is 14.2. The van der Waals surface area contributed by atoms with E-state index in [1.807, 2.05) is 12.1 Å². The minimum atomic E-state index is -4.42. The van der Waals surface area contributed by atoms with Crippen LogP contribution in [0.1, 0.15) is 29.2 Å². The average molecular weight is 577 g/mol. The van der Waals surface area contributed by atoms with Crippen molar-refractivity contribution in [3.05, 3.63) is 102 Å². The molecule has 4 aromatic rings. The molecule has 11 nitrogen and oxygen atoms in total. The van der Waals surface area contributed by atoms with E-state index in [1.54, 1.807) is 42.5 Å². The number of benzene rings is 3. The van der Waals surface area contributed by atoms with E-state index in [-0.39, 0.29) is 29.1 Å². The fourth-order valence-electron chi connectivity index (χ4n) is 5.25. The Hall–Kier alpha value is -4.36. The van der Waals surface area contributed by atoms with E-state index < -0.39 is 46.4 Å². The van der Waals surface area contributed by atoms with Crippen molar-refractivity contribution in [2.24, 2.45) is 0 Å². The van der Waals surface area contributed by atoms with Crippen LogP contribution in [0.15, 0.2) is 90.0 Å². The van der Waals surface area contributed by atoms with Gasteiger partial charge in [-0.3, -0.25) is 19.8 Å². The number of hydrogen-bond donors (Lipinski definition) is 5. The maximum atomic E-state index is 14.2. The topological polar surface area (TPSA) is 169 Å². The molecule has 212 valence electrons. The highest BCUT2D eigenvalue weighted by Crippen LogP contribution is 2.37. The van der Waals surface area contributed by atoms with Gasteiger partial charge in [-0.15, -0.1) is 0 Å². The average Bonchev–Trinajstić information content (AvgIpc) is 3.30. The van der Waals surface area contributed by atoms with Crippen LogP contribution in [0.5, 0.6) is 5.75 Å². The Morgan fingerprint density at radius 2 is 1.78 bits per heavy atom. The smallest absolute Gasteiger partial charge is 0.245 e. The second kappa shape index (κ2) is 11.6. The van der Waals surface area contributed by atoms with Crippen LogP contribution in [-0.4, -0.2) is 57.7 Å². The first kappa shape index (κ1) is 28.2. The fourth-order valence-corrected chi connectivity index (χ4v) is 6.62. The summed E-state index contributed by atoms with van der Waals surface area (Å²) in [5.74, 6) is -1.84. The number of fused-ring (bicyclic) bond motifs is 2. The van der Waals surface area contributed by atoms with Gasteiger partial charge in [-0.2, -0.15) is 4.72 Å². The lowest BCUT2D eigenvalue weighted by Crippen LogP contribution is -2.52. The van der Waals surface area contributed by atoms with E-state index in [2.05, 4.69) is 9.71 Å². The second-order valence-corrected chi connectivity index (χ2v) is 11.5. The van der Waals surface area contributed by atoms with Gasteiger partial charge in [-0.1, -0.05) is 54.6 Å². The molecule has 0 saturated heterocycles. The monoisotopic (exact) mass is 576 g/mol. The molecule has 0 bridgehead atoms. The number of hydroxylamine groups is 1. The van der Waals surface area contributed by atoms with Crippen molar-refractivity contribution in [3.8, 4) is 5.75 Å². The Balaban J connectivity index is 1.56. The van der Waals surface area contributed by atoms with Crippen molar-refractivity contribution in [3.63, 3.8) is 0 Å². The number of amides is 2. The van der Waals surface area contributed by atoms with Crippen LogP contribution in [0.3, 0.4) is 0 Å². The van der Waals surface area contributed by atoms with Gasteiger partial charge in [-0.05, 0) is 41.0 Å². The second-order valence-electron chi connectivity index (χ2n) is 9.80. The molecule has 0 saturated carbocycles. The summed E-state index contributed by atoms with van der Waals surface area (Å²) in [4.78, 5) is 31.8. The first-order chi connectivity index (χ1) is 19.7. The number of nitrogens with one attached hydrogen (secondary N) is 2. The van der Waals surface area contributed by atoms with Crippen LogP contribution in [-0.2, 0) is 32.6 Å². The Labute approximate surface area is 236 Å². The molecule has 1 aliphatic rings. The number of aliphatic hydroxyl groups is 1. The van der Waals surface area contributed by atoms with Crippen molar-refractivity contribution < 1.29 is 33.4 Å². The van der Waals surface area contributed by atoms with E-state index in [0.717, 1.165) is 5.56 Å². The molecule has 3 atom stereocenters.